The Balaban J connectivity index is 0.00000320. The second-order valence-corrected chi connectivity index (χ2v) is 8.28. The number of nitrogens with zero attached hydrogens (tertiary/aromatic N) is 2. The van der Waals surface area contributed by atoms with E-state index in [4.69, 9.17) is 4.74 Å². The van der Waals surface area contributed by atoms with Crippen molar-refractivity contribution in [2.24, 2.45) is 0 Å². The summed E-state index contributed by atoms with van der Waals surface area (Å²) in [5.74, 6) is 0.927. The number of ether oxygens (including phenoxy) is 1. The fourth-order valence-electron chi connectivity index (χ4n) is 3.42. The number of rotatable bonds is 11. The zero-order valence-electron chi connectivity index (χ0n) is 17.5. The van der Waals surface area contributed by atoms with E-state index in [2.05, 4.69) is 69.8 Å². The largest absolute Gasteiger partial charge is 0.494 e. The molecule has 1 aromatic heterocycles. The minimum atomic E-state index is 0. The molecule has 0 aliphatic carbocycles. The number of unbranched alkanes of at least 4 members (excludes halogenated alkanes) is 3. The molecule has 3 rings (SSSR count). The molecule has 0 saturated heterocycles. The highest BCUT2D eigenvalue weighted by Crippen LogP contribution is 2.29. The summed E-state index contributed by atoms with van der Waals surface area (Å²) in [4.78, 5) is 6.90. The summed E-state index contributed by atoms with van der Waals surface area (Å²) in [6.07, 6.45) is 8.58. The van der Waals surface area contributed by atoms with Crippen molar-refractivity contribution in [3.63, 3.8) is 0 Å². The number of benzene rings is 2. The van der Waals surface area contributed by atoms with Crippen molar-refractivity contribution in [2.75, 3.05) is 26.7 Å². The predicted octanol–water partition coefficient (Wildman–Crippen LogP) is 7.14. The van der Waals surface area contributed by atoms with Crippen LogP contribution in [0.25, 0.3) is 22.0 Å². The van der Waals surface area contributed by atoms with Gasteiger partial charge in [-0.25, -0.2) is 0 Å². The smallest absolute Gasteiger partial charge is 0.119 e. The predicted molar refractivity (Wildman–Crippen MR) is 134 cm³/mol. The summed E-state index contributed by atoms with van der Waals surface area (Å²) in [6, 6.07) is 16.6. The highest BCUT2D eigenvalue weighted by Gasteiger charge is 2.07. The van der Waals surface area contributed by atoms with E-state index in [1.807, 2.05) is 30.5 Å². The van der Waals surface area contributed by atoms with E-state index >= 15 is 0 Å². The summed E-state index contributed by atoms with van der Waals surface area (Å²) >= 11 is 3.49. The van der Waals surface area contributed by atoms with E-state index in [-0.39, 0.29) is 12.4 Å². The molecule has 2 aromatic carbocycles. The number of halogens is 2. The summed E-state index contributed by atoms with van der Waals surface area (Å²) < 4.78 is 7.06. The molecule has 0 saturated carbocycles. The maximum absolute atomic E-state index is 5.99. The van der Waals surface area contributed by atoms with Crippen molar-refractivity contribution in [2.45, 2.75) is 25.7 Å². The molecular weight excluding hydrogens is 460 g/mol. The third-order valence-corrected chi connectivity index (χ3v) is 5.53. The lowest BCUT2D eigenvalue weighted by Crippen LogP contribution is -2.19. The van der Waals surface area contributed by atoms with Crippen LogP contribution in [-0.4, -0.2) is 36.6 Å². The van der Waals surface area contributed by atoms with Crippen LogP contribution in [0.1, 0.15) is 25.7 Å². The number of pyridine rings is 1. The van der Waals surface area contributed by atoms with Crippen molar-refractivity contribution in [3.8, 4) is 17.0 Å². The number of fused-ring (bicyclic) bond motifs is 1. The first-order valence-corrected chi connectivity index (χ1v) is 11.0. The van der Waals surface area contributed by atoms with E-state index in [9.17, 15) is 0 Å². The Morgan fingerprint density at radius 1 is 1.03 bits per heavy atom. The molecule has 0 atom stereocenters. The molecule has 0 N–H and O–H groups in total. The standard InChI is InChI=1S/C25H29BrN2O.ClH/c1-3-16-28(2)17-6-4-5-7-18-29-23-12-13-24-21(19-23)14-15-27-25(24)20-8-10-22(26)11-9-20;/h3,8-15,19H,1,4-7,16-18H2,2H3;1H. The van der Waals surface area contributed by atoms with Gasteiger partial charge in [-0.15, -0.1) is 19.0 Å². The van der Waals surface area contributed by atoms with Gasteiger partial charge in [-0.3, -0.25) is 4.98 Å². The lowest BCUT2D eigenvalue weighted by Gasteiger charge is -2.13. The normalized spacial score (nSPS) is 10.8. The molecule has 160 valence electrons. The van der Waals surface area contributed by atoms with Gasteiger partial charge < -0.3 is 9.64 Å². The van der Waals surface area contributed by atoms with Gasteiger partial charge in [0.05, 0.1) is 12.3 Å². The minimum absolute atomic E-state index is 0. The topological polar surface area (TPSA) is 25.4 Å². The fourth-order valence-corrected chi connectivity index (χ4v) is 3.69. The molecule has 0 bridgehead atoms. The number of hydrogen-bond donors (Lipinski definition) is 0. The van der Waals surface area contributed by atoms with Gasteiger partial charge in [0, 0.05) is 28.2 Å². The second kappa shape index (κ2) is 12.7. The zero-order chi connectivity index (χ0) is 20.5. The molecule has 0 unspecified atom stereocenters. The van der Waals surface area contributed by atoms with Crippen molar-refractivity contribution in [3.05, 3.63) is 71.9 Å². The Morgan fingerprint density at radius 3 is 2.57 bits per heavy atom. The maximum atomic E-state index is 5.99. The Hall–Kier alpha value is -1.88. The SMILES string of the molecule is C=CCN(C)CCCCCCOc1ccc2c(-c3ccc(Br)cc3)nccc2c1.Cl. The summed E-state index contributed by atoms with van der Waals surface area (Å²) in [5, 5.41) is 2.30. The van der Waals surface area contributed by atoms with Crippen molar-refractivity contribution < 1.29 is 4.74 Å². The Morgan fingerprint density at radius 2 is 1.80 bits per heavy atom. The van der Waals surface area contributed by atoms with Gasteiger partial charge in [-0.1, -0.05) is 47.0 Å². The Labute approximate surface area is 194 Å². The molecule has 0 fully saturated rings. The third-order valence-electron chi connectivity index (χ3n) is 5.00. The van der Waals surface area contributed by atoms with Gasteiger partial charge in [0.25, 0.3) is 0 Å². The molecule has 0 aliphatic heterocycles. The van der Waals surface area contributed by atoms with Crippen molar-refractivity contribution >= 4 is 39.1 Å². The van der Waals surface area contributed by atoms with Crippen molar-refractivity contribution in [1.29, 1.82) is 0 Å². The van der Waals surface area contributed by atoms with Crippen LogP contribution in [0.15, 0.2) is 71.9 Å². The minimum Gasteiger partial charge on any atom is -0.494 e. The lowest BCUT2D eigenvalue weighted by atomic mass is 10.0. The van der Waals surface area contributed by atoms with Crippen LogP contribution in [-0.2, 0) is 0 Å². The van der Waals surface area contributed by atoms with E-state index in [0.29, 0.717) is 0 Å². The molecule has 0 amide bonds. The van der Waals surface area contributed by atoms with Gasteiger partial charge in [0.15, 0.2) is 0 Å². The zero-order valence-corrected chi connectivity index (χ0v) is 19.9. The Bertz CT molecular complexity index is 930. The van der Waals surface area contributed by atoms with Gasteiger partial charge >= 0.3 is 0 Å². The molecule has 3 aromatic rings. The molecule has 1 heterocycles. The highest BCUT2D eigenvalue weighted by molar-refractivity contribution is 9.10. The van der Waals surface area contributed by atoms with Crippen LogP contribution in [0.4, 0.5) is 0 Å². The van der Waals surface area contributed by atoms with Crippen LogP contribution >= 0.6 is 28.3 Å². The van der Waals surface area contributed by atoms with Crippen LogP contribution in [0.5, 0.6) is 5.75 Å². The third kappa shape index (κ3) is 7.12. The monoisotopic (exact) mass is 488 g/mol. The summed E-state index contributed by atoms with van der Waals surface area (Å²) in [7, 11) is 2.14. The van der Waals surface area contributed by atoms with E-state index in [1.165, 1.54) is 19.3 Å². The van der Waals surface area contributed by atoms with Gasteiger partial charge in [-0.2, -0.15) is 0 Å². The number of aromatic nitrogens is 1. The summed E-state index contributed by atoms with van der Waals surface area (Å²) in [6.45, 7) is 6.63. The molecule has 30 heavy (non-hydrogen) atoms. The fraction of sp³-hybridized carbons (Fsp3) is 0.320. The molecule has 5 heteroatoms. The molecule has 0 spiro atoms. The van der Waals surface area contributed by atoms with Crippen molar-refractivity contribution in [1.82, 2.24) is 9.88 Å². The quantitative estimate of drug-likeness (QED) is 0.211. The van der Waals surface area contributed by atoms with Crippen LogP contribution in [0, 0.1) is 0 Å². The molecule has 0 aliphatic rings. The number of hydrogen-bond acceptors (Lipinski definition) is 3. The average molecular weight is 490 g/mol. The first-order chi connectivity index (χ1) is 14.2. The Kier molecular flexibility index (Phi) is 10.4. The second-order valence-electron chi connectivity index (χ2n) is 7.36. The van der Waals surface area contributed by atoms with E-state index < -0.39 is 0 Å². The van der Waals surface area contributed by atoms with E-state index in [1.54, 1.807) is 0 Å². The first kappa shape index (κ1) is 24.4. The molecular formula is C25H30BrClN2O. The highest BCUT2D eigenvalue weighted by atomic mass is 79.9. The van der Waals surface area contributed by atoms with E-state index in [0.717, 1.165) is 58.4 Å². The van der Waals surface area contributed by atoms with Crippen LogP contribution < -0.4 is 4.74 Å². The lowest BCUT2D eigenvalue weighted by molar-refractivity contribution is 0.300. The molecule has 3 nitrogen and oxygen atoms in total. The van der Waals surface area contributed by atoms with Gasteiger partial charge in [0.1, 0.15) is 5.75 Å². The maximum Gasteiger partial charge on any atom is 0.119 e. The van der Waals surface area contributed by atoms with Gasteiger partial charge in [0.2, 0.25) is 0 Å². The average Bonchev–Trinajstić information content (AvgIpc) is 2.73. The molecule has 0 radical (unpaired) electrons. The number of likely N-dealkylation sites (N-methyl/N-ethyl adjacent to an activating group) is 1. The van der Waals surface area contributed by atoms with Crippen LogP contribution in [0.3, 0.4) is 0 Å². The van der Waals surface area contributed by atoms with Crippen LogP contribution in [0.2, 0.25) is 0 Å². The first-order valence-electron chi connectivity index (χ1n) is 10.2. The summed E-state index contributed by atoms with van der Waals surface area (Å²) in [5.41, 5.74) is 2.12. The van der Waals surface area contributed by atoms with Gasteiger partial charge in [-0.05, 0) is 68.2 Å².